The molecule has 1 fully saturated rings. The van der Waals surface area contributed by atoms with Crippen LogP contribution in [0.15, 0.2) is 54.6 Å². The van der Waals surface area contributed by atoms with Crippen LogP contribution in [0.4, 0.5) is 5.69 Å². The molecule has 1 atom stereocenters. The number of nitrogens with zero attached hydrogens (tertiary/aromatic N) is 2. The molecule has 1 heterocycles. The van der Waals surface area contributed by atoms with Gasteiger partial charge >= 0.3 is 0 Å². The van der Waals surface area contributed by atoms with E-state index in [0.717, 1.165) is 17.7 Å². The van der Waals surface area contributed by atoms with Gasteiger partial charge in [0.1, 0.15) is 6.54 Å². The number of anilines is 1. The maximum atomic E-state index is 12.7. The van der Waals surface area contributed by atoms with Crippen LogP contribution in [-0.2, 0) is 16.0 Å². The zero-order valence-corrected chi connectivity index (χ0v) is 15.7. The maximum Gasteiger partial charge on any atom is 0.246 e. The highest BCUT2D eigenvalue weighted by Gasteiger charge is 2.36. The topological polar surface area (TPSA) is 40.6 Å². The smallest absolute Gasteiger partial charge is 0.246 e. The van der Waals surface area contributed by atoms with Gasteiger partial charge in [-0.3, -0.25) is 9.59 Å². The van der Waals surface area contributed by atoms with Gasteiger partial charge in [0.2, 0.25) is 11.8 Å². The molecule has 0 unspecified atom stereocenters. The highest BCUT2D eigenvalue weighted by atomic mass is 16.2. The van der Waals surface area contributed by atoms with Crippen LogP contribution in [0.2, 0.25) is 0 Å². The Morgan fingerprint density at radius 1 is 1.08 bits per heavy atom. The first-order valence-electron chi connectivity index (χ1n) is 9.17. The molecule has 4 heteroatoms. The Bertz CT molecular complexity index is 768. The third-order valence-electron chi connectivity index (χ3n) is 4.88. The van der Waals surface area contributed by atoms with Crippen molar-refractivity contribution in [2.24, 2.45) is 5.92 Å². The highest BCUT2D eigenvalue weighted by Crippen LogP contribution is 2.24. The van der Waals surface area contributed by atoms with Gasteiger partial charge in [0.25, 0.3) is 0 Å². The molecule has 26 heavy (non-hydrogen) atoms. The predicted octanol–water partition coefficient (Wildman–Crippen LogP) is 3.44. The number of hydrogen-bond donors (Lipinski definition) is 0. The third-order valence-corrected chi connectivity index (χ3v) is 4.88. The predicted molar refractivity (Wildman–Crippen MR) is 104 cm³/mol. The SMILES string of the molecule is Cc1ccc(N2C[C@H](Cc3ccccc3)N(C(=O)C(C)C)CC2=O)cc1. The van der Waals surface area contributed by atoms with Crippen LogP contribution < -0.4 is 4.90 Å². The standard InChI is InChI=1S/C22H26N2O2/c1-16(2)22(26)24-15-21(25)23(19-11-9-17(3)10-12-19)14-20(24)13-18-7-5-4-6-8-18/h4-12,16,20H,13-15H2,1-3H3/t20-/m0/s1. The number of piperazine rings is 1. The molecule has 4 nitrogen and oxygen atoms in total. The number of amides is 2. The fourth-order valence-corrected chi connectivity index (χ4v) is 3.40. The molecular weight excluding hydrogens is 324 g/mol. The monoisotopic (exact) mass is 350 g/mol. The zero-order valence-electron chi connectivity index (χ0n) is 15.7. The van der Waals surface area contributed by atoms with E-state index in [1.54, 1.807) is 4.90 Å². The van der Waals surface area contributed by atoms with E-state index in [2.05, 4.69) is 12.1 Å². The summed E-state index contributed by atoms with van der Waals surface area (Å²) in [5.41, 5.74) is 3.24. The second-order valence-corrected chi connectivity index (χ2v) is 7.30. The highest BCUT2D eigenvalue weighted by molar-refractivity contribution is 5.98. The van der Waals surface area contributed by atoms with Gasteiger partial charge in [0.15, 0.2) is 0 Å². The van der Waals surface area contributed by atoms with Crippen LogP contribution in [0.5, 0.6) is 0 Å². The number of carbonyl (C=O) groups excluding carboxylic acids is 2. The quantitative estimate of drug-likeness (QED) is 0.847. The van der Waals surface area contributed by atoms with E-state index in [1.807, 2.05) is 68.1 Å². The second kappa shape index (κ2) is 7.73. The van der Waals surface area contributed by atoms with E-state index < -0.39 is 0 Å². The van der Waals surface area contributed by atoms with Gasteiger partial charge in [0, 0.05) is 18.2 Å². The summed E-state index contributed by atoms with van der Waals surface area (Å²) in [6, 6.07) is 18.1. The molecule has 0 N–H and O–H groups in total. The van der Waals surface area contributed by atoms with Crippen molar-refractivity contribution in [2.45, 2.75) is 33.2 Å². The average Bonchev–Trinajstić information content (AvgIpc) is 2.64. The molecule has 136 valence electrons. The van der Waals surface area contributed by atoms with Crippen LogP contribution in [0.25, 0.3) is 0 Å². The van der Waals surface area contributed by atoms with E-state index in [0.29, 0.717) is 6.54 Å². The maximum absolute atomic E-state index is 12.7. The molecule has 0 bridgehead atoms. The Labute approximate surface area is 155 Å². The number of hydrogen-bond acceptors (Lipinski definition) is 2. The molecule has 0 aromatic heterocycles. The fourth-order valence-electron chi connectivity index (χ4n) is 3.40. The average molecular weight is 350 g/mol. The first-order chi connectivity index (χ1) is 12.5. The summed E-state index contributed by atoms with van der Waals surface area (Å²) in [6.07, 6.45) is 0.745. The molecular formula is C22H26N2O2. The van der Waals surface area contributed by atoms with Crippen LogP contribution in [0.1, 0.15) is 25.0 Å². The Morgan fingerprint density at radius 3 is 2.35 bits per heavy atom. The minimum atomic E-state index is -0.119. The molecule has 2 aromatic rings. The molecule has 0 spiro atoms. The van der Waals surface area contributed by atoms with Crippen molar-refractivity contribution in [3.8, 4) is 0 Å². The number of rotatable bonds is 4. The van der Waals surface area contributed by atoms with Gasteiger partial charge in [-0.05, 0) is 31.0 Å². The van der Waals surface area contributed by atoms with Gasteiger partial charge in [-0.15, -0.1) is 0 Å². The summed E-state index contributed by atoms with van der Waals surface area (Å²) < 4.78 is 0. The lowest BCUT2D eigenvalue weighted by Crippen LogP contribution is -2.59. The normalized spacial score (nSPS) is 17.7. The molecule has 0 aliphatic carbocycles. The summed E-state index contributed by atoms with van der Waals surface area (Å²) in [5.74, 6) is -0.0954. The lowest BCUT2D eigenvalue weighted by Gasteiger charge is -2.42. The Balaban J connectivity index is 1.87. The van der Waals surface area contributed by atoms with Gasteiger partial charge in [-0.25, -0.2) is 0 Å². The minimum absolute atomic E-state index is 0.0211. The molecule has 1 aliphatic rings. The van der Waals surface area contributed by atoms with Gasteiger partial charge < -0.3 is 9.80 Å². The van der Waals surface area contributed by atoms with Crippen molar-refractivity contribution in [1.82, 2.24) is 4.90 Å². The third kappa shape index (κ3) is 3.96. The first-order valence-corrected chi connectivity index (χ1v) is 9.17. The Hall–Kier alpha value is -2.62. The minimum Gasteiger partial charge on any atom is -0.328 e. The molecule has 1 aliphatic heterocycles. The zero-order chi connectivity index (χ0) is 18.7. The fraction of sp³-hybridized carbons (Fsp3) is 0.364. The van der Waals surface area contributed by atoms with E-state index >= 15 is 0 Å². The van der Waals surface area contributed by atoms with Crippen LogP contribution >= 0.6 is 0 Å². The van der Waals surface area contributed by atoms with Crippen molar-refractivity contribution < 1.29 is 9.59 Å². The van der Waals surface area contributed by atoms with E-state index in [1.165, 1.54) is 5.56 Å². The largest absolute Gasteiger partial charge is 0.328 e. The van der Waals surface area contributed by atoms with Crippen molar-refractivity contribution >= 4 is 17.5 Å². The molecule has 0 saturated carbocycles. The van der Waals surface area contributed by atoms with Gasteiger partial charge in [0.05, 0.1) is 6.04 Å². The number of aryl methyl sites for hydroxylation is 1. The van der Waals surface area contributed by atoms with Crippen LogP contribution in [0.3, 0.4) is 0 Å². The number of carbonyl (C=O) groups is 2. The summed E-state index contributed by atoms with van der Waals surface area (Å²) in [5, 5.41) is 0. The molecule has 1 saturated heterocycles. The Morgan fingerprint density at radius 2 is 1.73 bits per heavy atom. The molecule has 2 amide bonds. The van der Waals surface area contributed by atoms with E-state index in [4.69, 9.17) is 0 Å². The van der Waals surface area contributed by atoms with Crippen LogP contribution in [-0.4, -0.2) is 35.8 Å². The van der Waals surface area contributed by atoms with E-state index in [-0.39, 0.29) is 30.3 Å². The Kier molecular flexibility index (Phi) is 5.40. The van der Waals surface area contributed by atoms with E-state index in [9.17, 15) is 9.59 Å². The molecule has 2 aromatic carbocycles. The molecule has 0 radical (unpaired) electrons. The van der Waals surface area contributed by atoms with Crippen molar-refractivity contribution in [3.05, 3.63) is 65.7 Å². The summed E-state index contributed by atoms with van der Waals surface area (Å²) in [6.45, 7) is 6.47. The first kappa shape index (κ1) is 18.2. The summed E-state index contributed by atoms with van der Waals surface area (Å²) in [4.78, 5) is 29.0. The second-order valence-electron chi connectivity index (χ2n) is 7.30. The lowest BCUT2D eigenvalue weighted by atomic mass is 9.99. The van der Waals surface area contributed by atoms with Gasteiger partial charge in [-0.1, -0.05) is 61.9 Å². The van der Waals surface area contributed by atoms with Gasteiger partial charge in [-0.2, -0.15) is 0 Å². The lowest BCUT2D eigenvalue weighted by molar-refractivity contribution is -0.142. The molecule has 3 rings (SSSR count). The van der Waals surface area contributed by atoms with Crippen molar-refractivity contribution in [1.29, 1.82) is 0 Å². The summed E-state index contributed by atoms with van der Waals surface area (Å²) in [7, 11) is 0. The number of benzene rings is 2. The van der Waals surface area contributed by atoms with Crippen molar-refractivity contribution in [3.63, 3.8) is 0 Å². The van der Waals surface area contributed by atoms with Crippen molar-refractivity contribution in [2.75, 3.05) is 18.0 Å². The van der Waals surface area contributed by atoms with Crippen LogP contribution in [0, 0.1) is 12.8 Å². The summed E-state index contributed by atoms with van der Waals surface area (Å²) >= 11 is 0.